The number of ether oxygens (including phenoxy) is 1. The normalized spacial score (nSPS) is 11.4. The lowest BCUT2D eigenvalue weighted by Crippen LogP contribution is -2.47. The number of nitrogens with one attached hydrogen (secondary N) is 2. The van der Waals surface area contributed by atoms with E-state index in [4.69, 9.17) is 28.6 Å². The third kappa shape index (κ3) is 6.12. The van der Waals surface area contributed by atoms with E-state index >= 15 is 0 Å². The molecule has 27 heavy (non-hydrogen) atoms. The summed E-state index contributed by atoms with van der Waals surface area (Å²) < 4.78 is 5.16. The van der Waals surface area contributed by atoms with Gasteiger partial charge in [-0.25, -0.2) is 0 Å². The average molecular weight is 406 g/mol. The minimum atomic E-state index is -0.442. The van der Waals surface area contributed by atoms with Crippen LogP contribution in [-0.2, 0) is 4.79 Å². The smallest absolute Gasteiger partial charge is 0.246 e. The molecule has 0 fully saturated rings. The van der Waals surface area contributed by atoms with Crippen LogP contribution < -0.4 is 15.4 Å². The van der Waals surface area contributed by atoms with Gasteiger partial charge in [-0.05, 0) is 68.0 Å². The minimum absolute atomic E-state index is 0.149. The Balaban J connectivity index is 2.06. The summed E-state index contributed by atoms with van der Waals surface area (Å²) in [6.07, 6.45) is 0.860. The third-order valence-corrected chi connectivity index (χ3v) is 4.58. The van der Waals surface area contributed by atoms with Gasteiger partial charge in [-0.2, -0.15) is 0 Å². The summed E-state index contributed by atoms with van der Waals surface area (Å²) in [6, 6.07) is 14.1. The van der Waals surface area contributed by atoms with Gasteiger partial charge in [-0.1, -0.05) is 24.6 Å². The van der Waals surface area contributed by atoms with Crippen molar-refractivity contribution in [3.8, 4) is 5.75 Å². The van der Waals surface area contributed by atoms with Crippen LogP contribution >= 0.6 is 23.8 Å². The van der Waals surface area contributed by atoms with E-state index in [0.29, 0.717) is 22.4 Å². The fourth-order valence-electron chi connectivity index (χ4n) is 2.54. The number of rotatable bonds is 7. The Morgan fingerprint density at radius 3 is 2.48 bits per heavy atom. The van der Waals surface area contributed by atoms with E-state index in [1.807, 2.05) is 43.0 Å². The maximum Gasteiger partial charge on any atom is 0.246 e. The summed E-state index contributed by atoms with van der Waals surface area (Å²) in [5, 5.41) is 7.14. The number of carbonyl (C=O) groups is 1. The van der Waals surface area contributed by atoms with E-state index in [9.17, 15) is 4.79 Å². The monoisotopic (exact) mass is 405 g/mol. The quantitative estimate of drug-likeness (QED) is 0.649. The van der Waals surface area contributed by atoms with E-state index in [0.717, 1.165) is 17.9 Å². The highest BCUT2D eigenvalue weighted by Crippen LogP contribution is 2.18. The molecule has 0 heterocycles. The lowest BCUT2D eigenvalue weighted by molar-refractivity contribution is -0.119. The molecule has 0 bridgehead atoms. The zero-order valence-corrected chi connectivity index (χ0v) is 17.2. The molecule has 0 radical (unpaired) electrons. The van der Waals surface area contributed by atoms with Crippen molar-refractivity contribution in [2.75, 3.05) is 24.3 Å². The Bertz CT molecular complexity index is 783. The molecule has 144 valence electrons. The first kappa shape index (κ1) is 21.0. The second-order valence-corrected chi connectivity index (χ2v) is 6.85. The highest BCUT2D eigenvalue weighted by atomic mass is 35.5. The van der Waals surface area contributed by atoms with Crippen LogP contribution in [0.15, 0.2) is 48.5 Å². The molecule has 5 nitrogen and oxygen atoms in total. The standard InChI is InChI=1S/C20H24ClN3O2S/c1-4-12-24(20(27)23-16-8-10-18(26-3)11-9-16)14(2)19(25)22-17-7-5-6-15(21)13-17/h5-11,13-14H,4,12H2,1-3H3,(H,22,25)(H,23,27)/t14-/m0/s1. The Morgan fingerprint density at radius 2 is 1.89 bits per heavy atom. The largest absolute Gasteiger partial charge is 0.497 e. The zero-order valence-electron chi connectivity index (χ0n) is 15.7. The van der Waals surface area contributed by atoms with Gasteiger partial charge in [0.05, 0.1) is 7.11 Å². The van der Waals surface area contributed by atoms with Gasteiger partial charge < -0.3 is 20.3 Å². The number of hydrogen-bond acceptors (Lipinski definition) is 3. The third-order valence-electron chi connectivity index (χ3n) is 4.01. The van der Waals surface area contributed by atoms with E-state index in [-0.39, 0.29) is 5.91 Å². The van der Waals surface area contributed by atoms with E-state index in [1.54, 1.807) is 31.4 Å². The Morgan fingerprint density at radius 1 is 1.19 bits per heavy atom. The van der Waals surface area contributed by atoms with E-state index < -0.39 is 6.04 Å². The van der Waals surface area contributed by atoms with Gasteiger partial charge in [0.2, 0.25) is 5.91 Å². The topological polar surface area (TPSA) is 53.6 Å². The number of thiocarbonyl (C=S) groups is 1. The van der Waals surface area contributed by atoms with Gasteiger partial charge in [0.25, 0.3) is 0 Å². The molecule has 2 aromatic rings. The van der Waals surface area contributed by atoms with Crippen LogP contribution in [-0.4, -0.2) is 35.6 Å². The van der Waals surface area contributed by atoms with Gasteiger partial charge in [0.1, 0.15) is 11.8 Å². The average Bonchev–Trinajstić information content (AvgIpc) is 2.66. The highest BCUT2D eigenvalue weighted by Gasteiger charge is 2.23. The zero-order chi connectivity index (χ0) is 19.8. The maximum absolute atomic E-state index is 12.7. The van der Waals surface area contributed by atoms with E-state index in [2.05, 4.69) is 10.6 Å². The summed E-state index contributed by atoms with van der Waals surface area (Å²) in [6.45, 7) is 4.54. The summed E-state index contributed by atoms with van der Waals surface area (Å²) in [5.74, 6) is 0.621. The molecule has 0 aliphatic rings. The lowest BCUT2D eigenvalue weighted by atomic mass is 10.2. The fourth-order valence-corrected chi connectivity index (χ4v) is 3.09. The Kier molecular flexibility index (Phi) is 7.88. The summed E-state index contributed by atoms with van der Waals surface area (Å²) >= 11 is 11.5. The molecule has 1 amide bonds. The molecule has 2 aromatic carbocycles. The van der Waals surface area contributed by atoms with Crippen LogP contribution in [0.2, 0.25) is 5.02 Å². The second-order valence-electron chi connectivity index (χ2n) is 6.03. The molecule has 0 aromatic heterocycles. The molecule has 0 saturated heterocycles. The first-order valence-corrected chi connectivity index (χ1v) is 9.51. The van der Waals surface area contributed by atoms with Crippen molar-refractivity contribution in [2.45, 2.75) is 26.3 Å². The summed E-state index contributed by atoms with van der Waals surface area (Å²) in [4.78, 5) is 14.6. The van der Waals surface area contributed by atoms with Crippen LogP contribution in [0.5, 0.6) is 5.75 Å². The number of anilines is 2. The maximum atomic E-state index is 12.7. The van der Waals surface area contributed by atoms with Crippen molar-refractivity contribution in [2.24, 2.45) is 0 Å². The molecular weight excluding hydrogens is 382 g/mol. The number of nitrogens with zero attached hydrogens (tertiary/aromatic N) is 1. The molecular formula is C20H24ClN3O2S. The summed E-state index contributed by atoms with van der Waals surface area (Å²) in [7, 11) is 1.62. The summed E-state index contributed by atoms with van der Waals surface area (Å²) in [5.41, 5.74) is 1.49. The fraction of sp³-hybridized carbons (Fsp3) is 0.300. The Labute approximate surface area is 170 Å². The molecule has 0 unspecified atom stereocenters. The van der Waals surface area contributed by atoms with Gasteiger partial charge >= 0.3 is 0 Å². The van der Waals surface area contributed by atoms with Crippen LogP contribution in [0, 0.1) is 0 Å². The second kappa shape index (κ2) is 10.1. The predicted molar refractivity (Wildman–Crippen MR) is 116 cm³/mol. The molecule has 1 atom stereocenters. The molecule has 2 N–H and O–H groups in total. The first-order valence-electron chi connectivity index (χ1n) is 8.72. The minimum Gasteiger partial charge on any atom is -0.497 e. The number of benzene rings is 2. The Hall–Kier alpha value is -2.31. The molecule has 0 saturated carbocycles. The van der Waals surface area contributed by atoms with Gasteiger partial charge in [0.15, 0.2) is 5.11 Å². The van der Waals surface area contributed by atoms with Crippen LogP contribution in [0.1, 0.15) is 20.3 Å². The number of hydrogen-bond donors (Lipinski definition) is 2. The van der Waals surface area contributed by atoms with Crippen molar-refractivity contribution in [3.63, 3.8) is 0 Å². The number of carbonyl (C=O) groups excluding carboxylic acids is 1. The van der Waals surface area contributed by atoms with Crippen molar-refractivity contribution < 1.29 is 9.53 Å². The number of methoxy groups -OCH3 is 1. The predicted octanol–water partition coefficient (Wildman–Crippen LogP) is 4.78. The SMILES string of the molecule is CCCN(C(=S)Nc1ccc(OC)cc1)[C@@H](C)C(=O)Nc1cccc(Cl)c1. The van der Waals surface area contributed by atoms with Crippen LogP contribution in [0.4, 0.5) is 11.4 Å². The molecule has 2 rings (SSSR count). The van der Waals surface area contributed by atoms with Crippen molar-refractivity contribution in [1.29, 1.82) is 0 Å². The number of halogens is 1. The first-order chi connectivity index (χ1) is 12.9. The van der Waals surface area contributed by atoms with Crippen LogP contribution in [0.25, 0.3) is 0 Å². The van der Waals surface area contributed by atoms with Crippen molar-refractivity contribution in [1.82, 2.24) is 4.90 Å². The molecule has 0 spiro atoms. The van der Waals surface area contributed by atoms with E-state index in [1.165, 1.54) is 0 Å². The molecule has 7 heteroatoms. The lowest BCUT2D eigenvalue weighted by Gasteiger charge is -2.30. The number of amides is 1. The van der Waals surface area contributed by atoms with Crippen molar-refractivity contribution in [3.05, 3.63) is 53.6 Å². The van der Waals surface area contributed by atoms with Gasteiger partial charge in [-0.15, -0.1) is 0 Å². The van der Waals surface area contributed by atoms with Crippen LogP contribution in [0.3, 0.4) is 0 Å². The van der Waals surface area contributed by atoms with Crippen molar-refractivity contribution >= 4 is 46.2 Å². The molecule has 0 aliphatic carbocycles. The van der Waals surface area contributed by atoms with Gasteiger partial charge in [0, 0.05) is 22.9 Å². The van der Waals surface area contributed by atoms with Gasteiger partial charge in [-0.3, -0.25) is 4.79 Å². The molecule has 0 aliphatic heterocycles. The highest BCUT2D eigenvalue weighted by molar-refractivity contribution is 7.80.